The van der Waals surface area contributed by atoms with E-state index < -0.39 is 0 Å². The Morgan fingerprint density at radius 1 is 1.00 bits per heavy atom. The summed E-state index contributed by atoms with van der Waals surface area (Å²) in [7, 11) is 1.99. The minimum absolute atomic E-state index is 0.0945. The highest BCUT2D eigenvalue weighted by Gasteiger charge is 2.46. The molecule has 0 radical (unpaired) electrons. The van der Waals surface area contributed by atoms with Gasteiger partial charge >= 0.3 is 0 Å². The standard InChI is InChI=1S/C23H27NO/c1-15-11-16(2)13-19(12-15)17-5-7-20-18(14-17)6-8-21-23(20,3)10-9-22(25)24(21)4/h5,7,11-14,21H,6,8-10H2,1-4H3/t21-,23-/m1/s1. The van der Waals surface area contributed by atoms with Crippen LogP contribution in [-0.2, 0) is 16.6 Å². The summed E-state index contributed by atoms with van der Waals surface area (Å²) in [6.07, 6.45) is 3.77. The molecule has 2 aliphatic rings. The number of likely N-dealkylation sites (N-methyl/N-ethyl adjacent to an activating group) is 1. The number of carbonyl (C=O) groups excluding carboxylic acids is 1. The van der Waals surface area contributed by atoms with E-state index in [-0.39, 0.29) is 5.41 Å². The van der Waals surface area contributed by atoms with Crippen LogP contribution in [0, 0.1) is 13.8 Å². The van der Waals surface area contributed by atoms with Crippen molar-refractivity contribution in [3.05, 3.63) is 58.7 Å². The number of nitrogens with zero attached hydrogens (tertiary/aromatic N) is 1. The van der Waals surface area contributed by atoms with Gasteiger partial charge in [0.15, 0.2) is 0 Å². The second-order valence-electron chi connectivity index (χ2n) is 8.22. The quantitative estimate of drug-likeness (QED) is 0.734. The van der Waals surface area contributed by atoms with Crippen LogP contribution >= 0.6 is 0 Å². The molecule has 0 unspecified atom stereocenters. The molecule has 2 nitrogen and oxygen atoms in total. The molecule has 25 heavy (non-hydrogen) atoms. The van der Waals surface area contributed by atoms with Gasteiger partial charge in [-0.1, -0.05) is 54.4 Å². The molecule has 0 spiro atoms. The molecule has 0 N–H and O–H groups in total. The third-order valence-electron chi connectivity index (χ3n) is 6.42. The first-order chi connectivity index (χ1) is 11.9. The number of hydrogen-bond acceptors (Lipinski definition) is 1. The monoisotopic (exact) mass is 333 g/mol. The van der Waals surface area contributed by atoms with E-state index in [1.807, 2.05) is 11.9 Å². The molecule has 130 valence electrons. The van der Waals surface area contributed by atoms with Crippen LogP contribution in [0.1, 0.15) is 48.4 Å². The first-order valence-corrected chi connectivity index (χ1v) is 9.36. The number of aryl methyl sites for hydroxylation is 3. The maximum atomic E-state index is 12.1. The predicted molar refractivity (Wildman–Crippen MR) is 103 cm³/mol. The van der Waals surface area contributed by atoms with Crippen molar-refractivity contribution in [3.8, 4) is 11.1 Å². The molecule has 2 aromatic carbocycles. The van der Waals surface area contributed by atoms with Gasteiger partial charge in [-0.3, -0.25) is 4.79 Å². The number of piperidine rings is 1. The molecule has 0 bridgehead atoms. The lowest BCUT2D eigenvalue weighted by atomic mass is 9.63. The smallest absolute Gasteiger partial charge is 0.222 e. The molecule has 2 atom stereocenters. The van der Waals surface area contributed by atoms with Crippen molar-refractivity contribution < 1.29 is 4.79 Å². The topological polar surface area (TPSA) is 20.3 Å². The molecule has 1 saturated heterocycles. The number of amides is 1. The van der Waals surface area contributed by atoms with Gasteiger partial charge in [-0.15, -0.1) is 0 Å². The fraction of sp³-hybridized carbons (Fsp3) is 0.435. The summed E-state index contributed by atoms with van der Waals surface area (Å²) in [4.78, 5) is 14.1. The van der Waals surface area contributed by atoms with Gasteiger partial charge in [-0.05, 0) is 55.4 Å². The van der Waals surface area contributed by atoms with E-state index in [1.165, 1.54) is 33.4 Å². The molecule has 0 saturated carbocycles. The summed E-state index contributed by atoms with van der Waals surface area (Å²) >= 11 is 0. The normalized spacial score (nSPS) is 25.5. The summed E-state index contributed by atoms with van der Waals surface area (Å²) in [6, 6.07) is 14.1. The molecule has 1 fully saturated rings. The van der Waals surface area contributed by atoms with Crippen molar-refractivity contribution >= 4 is 5.91 Å². The molecule has 2 heteroatoms. The van der Waals surface area contributed by atoms with Crippen molar-refractivity contribution in [2.75, 3.05) is 7.05 Å². The maximum absolute atomic E-state index is 12.1. The van der Waals surface area contributed by atoms with Crippen molar-refractivity contribution in [1.82, 2.24) is 4.90 Å². The Bertz CT molecular complexity index is 833. The molecular weight excluding hydrogens is 306 g/mol. The van der Waals surface area contributed by atoms with Crippen LogP contribution < -0.4 is 0 Å². The third-order valence-corrected chi connectivity index (χ3v) is 6.42. The van der Waals surface area contributed by atoms with Gasteiger partial charge in [-0.25, -0.2) is 0 Å². The van der Waals surface area contributed by atoms with E-state index in [4.69, 9.17) is 0 Å². The molecule has 4 rings (SSSR count). The molecule has 1 heterocycles. The van der Waals surface area contributed by atoms with E-state index >= 15 is 0 Å². The number of benzene rings is 2. The van der Waals surface area contributed by atoms with Gasteiger partial charge in [0.25, 0.3) is 0 Å². The van der Waals surface area contributed by atoms with Crippen LogP contribution in [0.2, 0.25) is 0 Å². The summed E-state index contributed by atoms with van der Waals surface area (Å²) < 4.78 is 0. The fourth-order valence-electron chi connectivity index (χ4n) is 5.11. The van der Waals surface area contributed by atoms with E-state index in [2.05, 4.69) is 57.2 Å². The molecule has 1 aliphatic heterocycles. The molecule has 0 aromatic heterocycles. The second kappa shape index (κ2) is 5.72. The van der Waals surface area contributed by atoms with Crippen molar-refractivity contribution in [2.24, 2.45) is 0 Å². The van der Waals surface area contributed by atoms with E-state index in [9.17, 15) is 4.79 Å². The zero-order chi connectivity index (χ0) is 17.8. The van der Waals surface area contributed by atoms with Gasteiger partial charge in [-0.2, -0.15) is 0 Å². The molecule has 1 amide bonds. The lowest BCUT2D eigenvalue weighted by Crippen LogP contribution is -2.56. The zero-order valence-corrected chi connectivity index (χ0v) is 15.7. The predicted octanol–water partition coefficient (Wildman–Crippen LogP) is 4.80. The SMILES string of the molecule is Cc1cc(C)cc(-c2ccc3c(c2)CC[C@H]2N(C)C(=O)CC[C@]32C)c1. The minimum Gasteiger partial charge on any atom is -0.342 e. The average molecular weight is 333 g/mol. The summed E-state index contributed by atoms with van der Waals surface area (Å²) in [5.41, 5.74) is 8.27. The summed E-state index contributed by atoms with van der Waals surface area (Å²) in [5.74, 6) is 0.304. The van der Waals surface area contributed by atoms with E-state index in [0.29, 0.717) is 18.4 Å². The van der Waals surface area contributed by atoms with Crippen LogP contribution in [0.5, 0.6) is 0 Å². The number of likely N-dealkylation sites (tertiary alicyclic amines) is 1. The van der Waals surface area contributed by atoms with Crippen molar-refractivity contribution in [1.29, 1.82) is 0 Å². The highest BCUT2D eigenvalue weighted by Crippen LogP contribution is 2.46. The van der Waals surface area contributed by atoms with Crippen LogP contribution in [0.3, 0.4) is 0 Å². The van der Waals surface area contributed by atoms with Crippen LogP contribution in [0.4, 0.5) is 0 Å². The van der Waals surface area contributed by atoms with Crippen LogP contribution in [-0.4, -0.2) is 23.9 Å². The van der Waals surface area contributed by atoms with Crippen LogP contribution in [0.15, 0.2) is 36.4 Å². The van der Waals surface area contributed by atoms with Gasteiger partial charge in [0.2, 0.25) is 5.91 Å². The molecule has 2 aromatic rings. The minimum atomic E-state index is 0.0945. The highest BCUT2D eigenvalue weighted by molar-refractivity contribution is 5.78. The summed E-state index contributed by atoms with van der Waals surface area (Å²) in [6.45, 7) is 6.68. The highest BCUT2D eigenvalue weighted by atomic mass is 16.2. The first-order valence-electron chi connectivity index (χ1n) is 9.36. The third kappa shape index (κ3) is 2.59. The lowest BCUT2D eigenvalue weighted by Gasteiger charge is -2.50. The Hall–Kier alpha value is -2.09. The Kier molecular flexibility index (Phi) is 3.75. The Labute approximate surface area is 150 Å². The Morgan fingerprint density at radius 2 is 1.72 bits per heavy atom. The van der Waals surface area contributed by atoms with Crippen molar-refractivity contribution in [3.63, 3.8) is 0 Å². The van der Waals surface area contributed by atoms with Crippen LogP contribution in [0.25, 0.3) is 11.1 Å². The zero-order valence-electron chi connectivity index (χ0n) is 15.7. The number of rotatable bonds is 1. The number of hydrogen-bond donors (Lipinski definition) is 0. The largest absolute Gasteiger partial charge is 0.342 e. The molecule has 1 aliphatic carbocycles. The Balaban J connectivity index is 1.77. The Morgan fingerprint density at radius 3 is 2.44 bits per heavy atom. The van der Waals surface area contributed by atoms with Gasteiger partial charge in [0.1, 0.15) is 0 Å². The maximum Gasteiger partial charge on any atom is 0.222 e. The molecular formula is C23H27NO. The van der Waals surface area contributed by atoms with E-state index in [1.54, 1.807) is 0 Å². The fourth-order valence-corrected chi connectivity index (χ4v) is 5.11. The second-order valence-corrected chi connectivity index (χ2v) is 8.22. The first kappa shape index (κ1) is 16.4. The number of carbonyl (C=O) groups is 1. The van der Waals surface area contributed by atoms with Crippen molar-refractivity contribution in [2.45, 2.75) is 57.9 Å². The van der Waals surface area contributed by atoms with Gasteiger partial charge < -0.3 is 4.90 Å². The van der Waals surface area contributed by atoms with Gasteiger partial charge in [0.05, 0.1) is 0 Å². The van der Waals surface area contributed by atoms with Gasteiger partial charge in [0, 0.05) is 24.9 Å². The lowest BCUT2D eigenvalue weighted by molar-refractivity contribution is -0.138. The number of fused-ring (bicyclic) bond motifs is 3. The van der Waals surface area contributed by atoms with E-state index in [0.717, 1.165) is 19.3 Å². The summed E-state index contributed by atoms with van der Waals surface area (Å²) in [5, 5.41) is 0. The average Bonchev–Trinajstić information content (AvgIpc) is 2.57.